The second-order valence-corrected chi connectivity index (χ2v) is 11.4. The van der Waals surface area contributed by atoms with Gasteiger partial charge >= 0.3 is 0 Å². The number of piperazine rings is 1. The summed E-state index contributed by atoms with van der Waals surface area (Å²) in [4.78, 5) is 18.5. The summed E-state index contributed by atoms with van der Waals surface area (Å²) in [6.07, 6.45) is 11.5. The van der Waals surface area contributed by atoms with Gasteiger partial charge in [-0.05, 0) is 61.4 Å². The first-order valence-electron chi connectivity index (χ1n) is 14.8. The lowest BCUT2D eigenvalue weighted by Crippen LogP contribution is -2.51. The number of halogens is 1. The summed E-state index contributed by atoms with van der Waals surface area (Å²) >= 11 is 0. The monoisotopic (exact) mass is 553 g/mol. The van der Waals surface area contributed by atoms with Gasteiger partial charge in [0.2, 0.25) is 11.9 Å². The molecular weight excluding hydrogens is 517 g/mol. The van der Waals surface area contributed by atoms with Crippen molar-refractivity contribution in [1.82, 2.24) is 29.6 Å². The summed E-state index contributed by atoms with van der Waals surface area (Å²) in [7, 11) is 0. The molecule has 10 heteroatoms. The molecule has 1 saturated heterocycles. The third-order valence-corrected chi connectivity index (χ3v) is 8.79. The van der Waals surface area contributed by atoms with Crippen molar-refractivity contribution in [3.8, 4) is 17.2 Å². The van der Waals surface area contributed by atoms with Gasteiger partial charge in [-0.15, -0.1) is 5.10 Å². The molecule has 7 rings (SSSR count). The Morgan fingerprint density at radius 3 is 2.51 bits per heavy atom. The number of aromatic nitrogens is 5. The molecule has 2 aromatic carbocycles. The number of fused-ring (bicyclic) bond motifs is 3. The summed E-state index contributed by atoms with van der Waals surface area (Å²) in [6, 6.07) is 14.2. The van der Waals surface area contributed by atoms with Gasteiger partial charge in [-0.3, -0.25) is 4.90 Å². The van der Waals surface area contributed by atoms with E-state index in [1.165, 1.54) is 48.4 Å². The van der Waals surface area contributed by atoms with E-state index < -0.39 is 0 Å². The first-order chi connectivity index (χ1) is 20.1. The van der Waals surface area contributed by atoms with Gasteiger partial charge in [0.25, 0.3) is 5.95 Å². The van der Waals surface area contributed by atoms with Crippen molar-refractivity contribution in [2.75, 3.05) is 42.1 Å². The van der Waals surface area contributed by atoms with Crippen molar-refractivity contribution in [2.45, 2.75) is 57.4 Å². The summed E-state index contributed by atoms with van der Waals surface area (Å²) in [5, 5.41) is 7.60. The normalized spacial score (nSPS) is 18.0. The highest BCUT2D eigenvalue weighted by Gasteiger charge is 2.26. The number of nitrogens with zero attached hydrogens (tertiary/aromatic N) is 7. The molecule has 2 aliphatic carbocycles. The van der Waals surface area contributed by atoms with Crippen LogP contribution >= 0.6 is 0 Å². The summed E-state index contributed by atoms with van der Waals surface area (Å²) < 4.78 is 16.7. The smallest absolute Gasteiger partial charge is 0.254 e. The van der Waals surface area contributed by atoms with Crippen molar-refractivity contribution >= 4 is 23.3 Å². The lowest BCUT2D eigenvalue weighted by molar-refractivity contribution is 0.147. The second-order valence-electron chi connectivity index (χ2n) is 11.4. The van der Waals surface area contributed by atoms with Crippen molar-refractivity contribution in [1.29, 1.82) is 0 Å². The minimum Gasteiger partial charge on any atom is -0.368 e. The van der Waals surface area contributed by atoms with Crippen LogP contribution in [0.15, 0.2) is 48.7 Å². The van der Waals surface area contributed by atoms with Crippen LogP contribution in [0, 0.1) is 5.82 Å². The van der Waals surface area contributed by atoms with E-state index in [2.05, 4.69) is 48.4 Å². The van der Waals surface area contributed by atoms with E-state index in [9.17, 15) is 0 Å². The molecule has 3 aliphatic rings. The van der Waals surface area contributed by atoms with Crippen LogP contribution in [0.3, 0.4) is 0 Å². The van der Waals surface area contributed by atoms with Gasteiger partial charge in [0.15, 0.2) is 0 Å². The molecule has 0 atom stereocenters. The zero-order chi connectivity index (χ0) is 27.8. The van der Waals surface area contributed by atoms with Crippen LogP contribution in [0.1, 0.15) is 49.7 Å². The van der Waals surface area contributed by atoms with Crippen LogP contribution in [0.5, 0.6) is 0 Å². The molecule has 1 aliphatic heterocycles. The maximum atomic E-state index is 15.3. The third kappa shape index (κ3) is 5.24. The Balaban J connectivity index is 1.06. The lowest BCUT2D eigenvalue weighted by Gasteiger charge is -2.41. The van der Waals surface area contributed by atoms with Crippen LogP contribution in [0.25, 0.3) is 17.2 Å². The molecule has 0 radical (unpaired) electrons. The van der Waals surface area contributed by atoms with Crippen LogP contribution in [0.4, 0.5) is 27.7 Å². The Morgan fingerprint density at radius 2 is 1.68 bits per heavy atom. The molecule has 0 spiro atoms. The fourth-order valence-electron chi connectivity index (χ4n) is 6.62. The average Bonchev–Trinajstić information content (AvgIpc) is 3.26. The fraction of sp³-hybridized carbons (Fsp3) is 0.419. The zero-order valence-corrected chi connectivity index (χ0v) is 23.3. The number of nitrogens with one attached hydrogen (secondary N) is 1. The average molecular weight is 554 g/mol. The standard InChI is InChI=1S/C31H36FN9/c32-26-19-23(13-14-27(26)40-17-15-39(16-18-40)24-10-2-1-3-11-24)35-30-37-29(33)41(38-30)31-34-20-22-9-6-8-21-7-4-5-12-25(21)28(22)36-31/h4-5,7,12-14,19-20,24H,1-3,6,8-11,15-18H2,(H3,33,35,37,38). The van der Waals surface area contributed by atoms with Crippen LogP contribution in [0.2, 0.25) is 0 Å². The zero-order valence-electron chi connectivity index (χ0n) is 23.3. The van der Waals surface area contributed by atoms with Crippen molar-refractivity contribution in [3.05, 3.63) is 65.6 Å². The summed E-state index contributed by atoms with van der Waals surface area (Å²) in [6.45, 7) is 3.66. The van der Waals surface area contributed by atoms with Crippen molar-refractivity contribution < 1.29 is 4.39 Å². The van der Waals surface area contributed by atoms with Crippen molar-refractivity contribution in [2.24, 2.45) is 0 Å². The third-order valence-electron chi connectivity index (χ3n) is 8.79. The van der Waals surface area contributed by atoms with E-state index in [1.807, 2.05) is 24.4 Å². The lowest BCUT2D eigenvalue weighted by atomic mass is 9.94. The Morgan fingerprint density at radius 1 is 0.878 bits per heavy atom. The Bertz CT molecular complexity index is 1540. The van der Waals surface area contributed by atoms with Crippen molar-refractivity contribution in [3.63, 3.8) is 0 Å². The molecule has 2 aromatic heterocycles. The maximum absolute atomic E-state index is 15.3. The molecule has 1 saturated carbocycles. The van der Waals surface area contributed by atoms with Gasteiger partial charge < -0.3 is 16.0 Å². The molecule has 0 amide bonds. The molecule has 0 bridgehead atoms. The van der Waals surface area contributed by atoms with Gasteiger partial charge in [0.1, 0.15) is 5.82 Å². The second kappa shape index (κ2) is 11.1. The van der Waals surface area contributed by atoms with E-state index in [0.717, 1.165) is 62.3 Å². The van der Waals surface area contributed by atoms with Crippen LogP contribution in [-0.4, -0.2) is 61.9 Å². The van der Waals surface area contributed by atoms with E-state index in [1.54, 1.807) is 0 Å². The summed E-state index contributed by atoms with van der Waals surface area (Å²) in [5.41, 5.74) is 11.8. The number of aryl methyl sites for hydroxylation is 2. The number of hydrogen-bond donors (Lipinski definition) is 2. The van der Waals surface area contributed by atoms with E-state index in [4.69, 9.17) is 10.7 Å². The van der Waals surface area contributed by atoms with E-state index in [0.29, 0.717) is 23.4 Å². The number of rotatable bonds is 5. The predicted molar refractivity (Wildman–Crippen MR) is 159 cm³/mol. The molecule has 3 N–H and O–H groups in total. The van der Waals surface area contributed by atoms with E-state index in [-0.39, 0.29) is 17.7 Å². The molecule has 212 valence electrons. The van der Waals surface area contributed by atoms with Gasteiger partial charge in [0.05, 0.1) is 11.4 Å². The number of nitrogens with two attached hydrogens (primary N) is 1. The highest BCUT2D eigenvalue weighted by atomic mass is 19.1. The number of benzene rings is 2. The molecule has 4 aromatic rings. The molecule has 2 fully saturated rings. The number of anilines is 4. The van der Waals surface area contributed by atoms with Gasteiger partial charge in [-0.1, -0.05) is 43.5 Å². The highest BCUT2D eigenvalue weighted by Crippen LogP contribution is 2.32. The predicted octanol–water partition coefficient (Wildman–Crippen LogP) is 5.13. The highest BCUT2D eigenvalue weighted by molar-refractivity contribution is 5.68. The molecule has 0 unspecified atom stereocenters. The molecule has 3 heterocycles. The topological polar surface area (TPSA) is 101 Å². The van der Waals surface area contributed by atoms with Gasteiger partial charge in [0, 0.05) is 49.7 Å². The fourth-order valence-corrected chi connectivity index (χ4v) is 6.62. The minimum atomic E-state index is -0.263. The SMILES string of the molecule is Nc1nc(Nc2ccc(N3CCN(C4CCCCC4)CC3)c(F)c2)nn1-c1ncc2c(n1)-c1ccccc1CCC2. The number of hydrogen-bond acceptors (Lipinski definition) is 8. The van der Waals surface area contributed by atoms with E-state index >= 15 is 4.39 Å². The first-order valence-corrected chi connectivity index (χ1v) is 14.8. The quantitative estimate of drug-likeness (QED) is 0.351. The Labute approximate surface area is 239 Å². The van der Waals surface area contributed by atoms with Crippen LogP contribution in [-0.2, 0) is 12.8 Å². The Kier molecular flexibility index (Phi) is 7.00. The number of nitrogen functional groups attached to an aromatic ring is 1. The van der Waals surface area contributed by atoms with Gasteiger partial charge in [-0.25, -0.2) is 14.4 Å². The van der Waals surface area contributed by atoms with Gasteiger partial charge in [-0.2, -0.15) is 9.67 Å². The summed E-state index contributed by atoms with van der Waals surface area (Å²) in [5.74, 6) is 0.505. The molecule has 41 heavy (non-hydrogen) atoms. The minimum absolute atomic E-state index is 0.155. The largest absolute Gasteiger partial charge is 0.368 e. The Hall–Kier alpha value is -4.05. The van der Waals surface area contributed by atoms with Crippen LogP contribution < -0.4 is 16.0 Å². The maximum Gasteiger partial charge on any atom is 0.254 e. The molecular formula is C31H36FN9. The molecule has 9 nitrogen and oxygen atoms in total. The first kappa shape index (κ1) is 25.9.